The van der Waals surface area contributed by atoms with Crippen LogP contribution in [0, 0.1) is 5.92 Å². The van der Waals surface area contributed by atoms with Crippen molar-refractivity contribution in [3.63, 3.8) is 0 Å². The van der Waals surface area contributed by atoms with E-state index in [2.05, 4.69) is 5.32 Å². The number of rotatable bonds is 3. The third-order valence-electron chi connectivity index (χ3n) is 4.21. The number of benzene rings is 2. The van der Waals surface area contributed by atoms with Crippen molar-refractivity contribution in [1.82, 2.24) is 5.32 Å². The molecule has 2 atom stereocenters. The van der Waals surface area contributed by atoms with Gasteiger partial charge in [-0.1, -0.05) is 49.0 Å². The van der Waals surface area contributed by atoms with Crippen LogP contribution in [0.15, 0.2) is 42.5 Å². The highest BCUT2D eigenvalue weighted by Gasteiger charge is 2.30. The number of hydrogen-bond acceptors (Lipinski definition) is 2. The van der Waals surface area contributed by atoms with Crippen LogP contribution in [-0.4, -0.2) is 16.9 Å². The van der Waals surface area contributed by atoms with E-state index >= 15 is 0 Å². The molecule has 3 N–H and O–H groups in total. The Morgan fingerprint density at radius 2 is 1.90 bits per heavy atom. The van der Waals surface area contributed by atoms with Gasteiger partial charge in [0.05, 0.1) is 4.99 Å². The molecule has 0 aliphatic heterocycles. The Bertz CT molecular complexity index is 698. The zero-order valence-electron chi connectivity index (χ0n) is 11.7. The maximum atomic E-state index is 12.4. The lowest BCUT2D eigenvalue weighted by molar-refractivity contribution is 0.0934. The molecule has 108 valence electrons. The Hall–Kier alpha value is -1.94. The van der Waals surface area contributed by atoms with E-state index in [-0.39, 0.29) is 17.9 Å². The maximum Gasteiger partial charge on any atom is 0.251 e. The van der Waals surface area contributed by atoms with Gasteiger partial charge in [0.2, 0.25) is 0 Å². The molecular weight excluding hydrogens is 280 g/mol. The van der Waals surface area contributed by atoms with E-state index < -0.39 is 0 Å². The number of carbonyl (C=O) groups is 1. The van der Waals surface area contributed by atoms with Crippen LogP contribution in [0.4, 0.5) is 0 Å². The average molecular weight is 298 g/mol. The van der Waals surface area contributed by atoms with E-state index in [1.807, 2.05) is 42.5 Å². The van der Waals surface area contributed by atoms with Crippen LogP contribution in [-0.2, 0) is 0 Å². The first-order valence-electron chi connectivity index (χ1n) is 7.24. The molecule has 0 radical (unpaired) electrons. The summed E-state index contributed by atoms with van der Waals surface area (Å²) in [6, 6.07) is 13.9. The summed E-state index contributed by atoms with van der Waals surface area (Å²) in [6.07, 6.45) is 2.98. The Kier molecular flexibility index (Phi) is 3.88. The number of hydrogen-bond donors (Lipinski definition) is 2. The molecule has 0 spiro atoms. The van der Waals surface area contributed by atoms with Crippen LogP contribution in [0.3, 0.4) is 0 Å². The van der Waals surface area contributed by atoms with Crippen LogP contribution >= 0.6 is 12.2 Å². The van der Waals surface area contributed by atoms with Crippen molar-refractivity contribution in [2.45, 2.75) is 25.3 Å². The highest BCUT2D eigenvalue weighted by Crippen LogP contribution is 2.26. The molecule has 2 aromatic carbocycles. The summed E-state index contributed by atoms with van der Waals surface area (Å²) in [7, 11) is 0. The van der Waals surface area contributed by atoms with E-state index in [0.29, 0.717) is 10.6 Å². The van der Waals surface area contributed by atoms with E-state index in [4.69, 9.17) is 18.0 Å². The normalized spacial score (nSPS) is 21.3. The standard InChI is InChI=1S/C17H18N2OS/c18-16(21)14-6-3-7-15(14)19-17(20)13-9-8-11-4-1-2-5-12(11)10-13/h1-2,4-5,8-10,14-15H,3,6-7H2,(H2,18,21)(H,19,20). The molecule has 0 heterocycles. The molecule has 1 amide bonds. The van der Waals surface area contributed by atoms with Gasteiger partial charge in [-0.05, 0) is 35.7 Å². The number of nitrogens with two attached hydrogens (primary N) is 1. The van der Waals surface area contributed by atoms with Gasteiger partial charge in [0.25, 0.3) is 5.91 Å². The summed E-state index contributed by atoms with van der Waals surface area (Å²) >= 11 is 5.09. The van der Waals surface area contributed by atoms with Gasteiger partial charge in [-0.15, -0.1) is 0 Å². The zero-order chi connectivity index (χ0) is 14.8. The number of carbonyl (C=O) groups excluding carboxylic acids is 1. The molecule has 0 bridgehead atoms. The number of amides is 1. The van der Waals surface area contributed by atoms with Crippen LogP contribution in [0.5, 0.6) is 0 Å². The fourth-order valence-corrected chi connectivity index (χ4v) is 3.34. The van der Waals surface area contributed by atoms with Gasteiger partial charge in [0, 0.05) is 17.5 Å². The predicted octanol–water partition coefficient (Wildman–Crippen LogP) is 3.02. The van der Waals surface area contributed by atoms with Crippen LogP contribution < -0.4 is 11.1 Å². The van der Waals surface area contributed by atoms with Crippen molar-refractivity contribution >= 4 is 33.9 Å². The van der Waals surface area contributed by atoms with E-state index in [0.717, 1.165) is 30.0 Å². The minimum absolute atomic E-state index is 0.0473. The zero-order valence-corrected chi connectivity index (χ0v) is 12.5. The van der Waals surface area contributed by atoms with Crippen LogP contribution in [0.1, 0.15) is 29.6 Å². The second kappa shape index (κ2) is 5.82. The molecule has 1 aliphatic carbocycles. The van der Waals surface area contributed by atoms with E-state index in [1.165, 1.54) is 0 Å². The summed E-state index contributed by atoms with van der Waals surface area (Å²) in [5.41, 5.74) is 6.44. The number of thiocarbonyl (C=S) groups is 1. The Morgan fingerprint density at radius 1 is 1.14 bits per heavy atom. The first-order valence-corrected chi connectivity index (χ1v) is 7.65. The van der Waals surface area contributed by atoms with Crippen molar-refractivity contribution in [2.75, 3.05) is 0 Å². The van der Waals surface area contributed by atoms with Crippen LogP contribution in [0.25, 0.3) is 10.8 Å². The van der Waals surface area contributed by atoms with Crippen molar-refractivity contribution in [1.29, 1.82) is 0 Å². The number of fused-ring (bicyclic) bond motifs is 1. The van der Waals surface area contributed by atoms with E-state index in [1.54, 1.807) is 0 Å². The second-order valence-corrected chi connectivity index (χ2v) is 6.05. The molecule has 2 unspecified atom stereocenters. The minimum atomic E-state index is -0.0473. The molecule has 3 nitrogen and oxygen atoms in total. The molecule has 21 heavy (non-hydrogen) atoms. The van der Waals surface area contributed by atoms with E-state index in [9.17, 15) is 4.79 Å². The molecule has 2 aromatic rings. The average Bonchev–Trinajstić information content (AvgIpc) is 2.95. The lowest BCUT2D eigenvalue weighted by Gasteiger charge is -2.20. The third-order valence-corrected chi connectivity index (χ3v) is 4.51. The maximum absolute atomic E-state index is 12.4. The van der Waals surface area contributed by atoms with Gasteiger partial charge < -0.3 is 11.1 Å². The molecule has 1 aliphatic rings. The Labute approximate surface area is 129 Å². The monoisotopic (exact) mass is 298 g/mol. The molecule has 3 rings (SSSR count). The Balaban J connectivity index is 1.79. The topological polar surface area (TPSA) is 55.1 Å². The molecular formula is C17H18N2OS. The predicted molar refractivity (Wildman–Crippen MR) is 89.3 cm³/mol. The van der Waals surface area contributed by atoms with Crippen molar-refractivity contribution in [3.05, 3.63) is 48.0 Å². The smallest absolute Gasteiger partial charge is 0.251 e. The summed E-state index contributed by atoms with van der Waals surface area (Å²) in [5.74, 6) is 0.0818. The summed E-state index contributed by atoms with van der Waals surface area (Å²) < 4.78 is 0. The van der Waals surface area contributed by atoms with Gasteiger partial charge in [0.15, 0.2) is 0 Å². The fourth-order valence-electron chi connectivity index (χ4n) is 3.06. The fraction of sp³-hybridized carbons (Fsp3) is 0.294. The van der Waals surface area contributed by atoms with Crippen molar-refractivity contribution in [3.8, 4) is 0 Å². The molecule has 0 aromatic heterocycles. The summed E-state index contributed by atoms with van der Waals surface area (Å²) in [4.78, 5) is 12.9. The van der Waals surface area contributed by atoms with Gasteiger partial charge in [0.1, 0.15) is 0 Å². The first kappa shape index (κ1) is 14.0. The van der Waals surface area contributed by atoms with Crippen molar-refractivity contribution in [2.24, 2.45) is 11.7 Å². The SMILES string of the molecule is NC(=S)C1CCCC1NC(=O)c1ccc2ccccc2c1. The highest BCUT2D eigenvalue weighted by atomic mass is 32.1. The van der Waals surface area contributed by atoms with Crippen molar-refractivity contribution < 1.29 is 4.79 Å². The number of nitrogens with one attached hydrogen (secondary N) is 1. The first-order chi connectivity index (χ1) is 10.1. The molecule has 1 fully saturated rings. The molecule has 1 saturated carbocycles. The van der Waals surface area contributed by atoms with Gasteiger partial charge >= 0.3 is 0 Å². The quantitative estimate of drug-likeness (QED) is 0.856. The van der Waals surface area contributed by atoms with Gasteiger partial charge in [-0.3, -0.25) is 4.79 Å². The highest BCUT2D eigenvalue weighted by molar-refractivity contribution is 7.80. The van der Waals surface area contributed by atoms with Gasteiger partial charge in [-0.25, -0.2) is 0 Å². The third kappa shape index (κ3) is 2.90. The minimum Gasteiger partial charge on any atom is -0.393 e. The summed E-state index contributed by atoms with van der Waals surface area (Å²) in [5, 5.41) is 5.29. The molecule has 4 heteroatoms. The van der Waals surface area contributed by atoms with Crippen LogP contribution in [0.2, 0.25) is 0 Å². The lowest BCUT2D eigenvalue weighted by atomic mass is 10.0. The van der Waals surface area contributed by atoms with Gasteiger partial charge in [-0.2, -0.15) is 0 Å². The molecule has 0 saturated heterocycles. The lowest BCUT2D eigenvalue weighted by Crippen LogP contribution is -2.41. The second-order valence-electron chi connectivity index (χ2n) is 5.58. The largest absolute Gasteiger partial charge is 0.393 e. The Morgan fingerprint density at radius 3 is 2.67 bits per heavy atom. The summed E-state index contributed by atoms with van der Waals surface area (Å²) in [6.45, 7) is 0.